The molecule has 2 atom stereocenters. The Labute approximate surface area is 166 Å². The standard InChI is InChI=1S/C17H23N3O2.CH3O.Tl/c1-3-7-12(4-2)19-11-16(21)20-14-9-6-5-8-13(14)18-10-15(20)17(19)22;1-2;/h5-6,8-9,12,15,18H,3-4,7,10-11H2,1-2H3;1H3;/q;-1;+1. The third-order valence-electron chi connectivity index (χ3n) is 4.64. The van der Waals surface area contributed by atoms with E-state index in [1.807, 2.05) is 24.3 Å². The predicted octanol–water partition coefficient (Wildman–Crippen LogP) is 1.95. The minimum absolute atomic E-state index is 0.0214. The van der Waals surface area contributed by atoms with Gasteiger partial charge in [0.05, 0.1) is 11.4 Å². The molecule has 2 aliphatic rings. The monoisotopic (exact) mass is 537 g/mol. The summed E-state index contributed by atoms with van der Waals surface area (Å²) in [6, 6.07) is 7.44. The van der Waals surface area contributed by atoms with Crippen molar-refractivity contribution in [3.05, 3.63) is 24.3 Å². The number of fused-ring (bicyclic) bond motifs is 3. The molecule has 7 heteroatoms. The first-order valence-corrected chi connectivity index (χ1v) is 10.6. The molecule has 0 radical (unpaired) electrons. The molecule has 2 unspecified atom stereocenters. The molecule has 2 aliphatic heterocycles. The number of carbonyl (C=O) groups excluding carboxylic acids is 2. The van der Waals surface area contributed by atoms with Crippen LogP contribution in [0.25, 0.3) is 0 Å². The van der Waals surface area contributed by atoms with Crippen molar-refractivity contribution in [2.24, 2.45) is 0 Å². The van der Waals surface area contributed by atoms with Crippen LogP contribution in [0.5, 0.6) is 0 Å². The van der Waals surface area contributed by atoms with Crippen molar-refractivity contribution in [1.29, 1.82) is 0 Å². The molecule has 6 nitrogen and oxygen atoms in total. The number of anilines is 2. The van der Waals surface area contributed by atoms with E-state index in [9.17, 15) is 9.59 Å². The molecule has 0 aliphatic carbocycles. The van der Waals surface area contributed by atoms with Gasteiger partial charge in [-0.2, -0.15) is 0 Å². The van der Waals surface area contributed by atoms with Gasteiger partial charge in [-0.3, -0.25) is 14.5 Å². The van der Waals surface area contributed by atoms with E-state index in [1.54, 1.807) is 16.9 Å². The van der Waals surface area contributed by atoms with E-state index >= 15 is 0 Å². The van der Waals surface area contributed by atoms with Gasteiger partial charge in [0.1, 0.15) is 12.6 Å². The van der Waals surface area contributed by atoms with Crippen LogP contribution in [-0.4, -0.2) is 75.2 Å². The summed E-state index contributed by atoms with van der Waals surface area (Å²) in [5.74, 6) is 0.0926. The maximum absolute atomic E-state index is 12.9. The summed E-state index contributed by atoms with van der Waals surface area (Å²) >= 11 is 0.718. The van der Waals surface area contributed by atoms with Crippen molar-refractivity contribution in [2.45, 2.75) is 45.2 Å². The van der Waals surface area contributed by atoms with Crippen LogP contribution >= 0.6 is 0 Å². The van der Waals surface area contributed by atoms with Crippen LogP contribution in [0.2, 0.25) is 0 Å². The Morgan fingerprint density at radius 2 is 2.00 bits per heavy atom. The van der Waals surface area contributed by atoms with Gasteiger partial charge in [-0.25, -0.2) is 0 Å². The topological polar surface area (TPSA) is 61.9 Å². The summed E-state index contributed by atoms with van der Waals surface area (Å²) in [6.07, 6.45) is 2.86. The average molecular weight is 537 g/mol. The van der Waals surface area contributed by atoms with Crippen LogP contribution in [0.3, 0.4) is 0 Å². The molecule has 1 N–H and O–H groups in total. The number of amides is 2. The van der Waals surface area contributed by atoms with Gasteiger partial charge in [0.15, 0.2) is 0 Å². The number of nitrogens with one attached hydrogen (secondary N) is 1. The van der Waals surface area contributed by atoms with E-state index in [1.165, 1.54) is 0 Å². The van der Waals surface area contributed by atoms with Gasteiger partial charge in [-0.05, 0) is 25.0 Å². The van der Waals surface area contributed by atoms with Crippen molar-refractivity contribution < 1.29 is 12.3 Å². The SMILES string of the molecule is CCCC(CC)N1CC(=O)N2c3ccccc3NCC2C1=O.C[O][Tl]. The number of para-hydroxylation sites is 2. The first-order valence-electron chi connectivity index (χ1n) is 8.77. The van der Waals surface area contributed by atoms with Crippen molar-refractivity contribution >= 4 is 49.4 Å². The van der Waals surface area contributed by atoms with E-state index in [0.717, 1.165) is 56.9 Å². The average Bonchev–Trinajstić information content (AvgIpc) is 2.63. The summed E-state index contributed by atoms with van der Waals surface area (Å²) in [6.45, 7) is 4.88. The van der Waals surface area contributed by atoms with Crippen LogP contribution in [0.15, 0.2) is 24.3 Å². The number of carbonyl (C=O) groups is 2. The third-order valence-corrected chi connectivity index (χ3v) is 4.64. The normalized spacial score (nSPS) is 20.0. The maximum atomic E-state index is 12.9. The van der Waals surface area contributed by atoms with Crippen LogP contribution in [-0.2, 0) is 12.3 Å². The molecule has 0 saturated carbocycles. The van der Waals surface area contributed by atoms with Gasteiger partial charge in [0.25, 0.3) is 0 Å². The fourth-order valence-corrected chi connectivity index (χ4v) is 3.52. The Bertz CT molecular complexity index is 611. The van der Waals surface area contributed by atoms with Crippen LogP contribution in [0.4, 0.5) is 11.4 Å². The predicted molar refractivity (Wildman–Crippen MR) is 99.7 cm³/mol. The molecule has 0 aromatic heterocycles. The first kappa shape index (κ1) is 20.2. The Hall–Kier alpha value is -1.16. The first-order chi connectivity index (χ1) is 12.1. The van der Waals surface area contributed by atoms with E-state index in [0.29, 0.717) is 6.54 Å². The number of nitrogens with zero attached hydrogens (tertiary/aromatic N) is 2. The molecular weight excluding hydrogens is 511 g/mol. The minimum atomic E-state index is -0.415. The molecule has 2 heterocycles. The third kappa shape index (κ3) is 4.34. The number of benzene rings is 1. The Balaban J connectivity index is 0.000000701. The number of hydrogen-bond donors (Lipinski definition) is 1. The Morgan fingerprint density at radius 1 is 1.32 bits per heavy atom. The molecule has 0 spiro atoms. The zero-order valence-electron chi connectivity index (χ0n) is 15.2. The fourth-order valence-electron chi connectivity index (χ4n) is 3.52. The molecule has 1 fully saturated rings. The van der Waals surface area contributed by atoms with Crippen LogP contribution < -0.4 is 10.2 Å². The number of rotatable bonds is 4. The van der Waals surface area contributed by atoms with E-state index in [2.05, 4.69) is 21.9 Å². The van der Waals surface area contributed by atoms with Crippen molar-refractivity contribution in [3.63, 3.8) is 0 Å². The number of hydrogen-bond acceptors (Lipinski definition) is 4. The zero-order chi connectivity index (χ0) is 18.4. The van der Waals surface area contributed by atoms with Gasteiger partial charge < -0.3 is 10.2 Å². The number of piperazine rings is 1. The molecule has 0 bridgehead atoms. The van der Waals surface area contributed by atoms with Gasteiger partial charge >= 0.3 is 36.0 Å². The van der Waals surface area contributed by atoms with Crippen molar-refractivity contribution in [1.82, 2.24) is 4.90 Å². The molecule has 25 heavy (non-hydrogen) atoms. The van der Waals surface area contributed by atoms with E-state index in [-0.39, 0.29) is 24.4 Å². The van der Waals surface area contributed by atoms with Crippen LogP contribution in [0.1, 0.15) is 33.1 Å². The van der Waals surface area contributed by atoms with E-state index < -0.39 is 6.04 Å². The second-order valence-corrected chi connectivity index (χ2v) is 8.06. The fraction of sp³-hybridized carbons (Fsp3) is 0.556. The zero-order valence-corrected chi connectivity index (χ0v) is 19.7. The van der Waals surface area contributed by atoms with E-state index in [4.69, 9.17) is 0 Å². The van der Waals surface area contributed by atoms with Crippen molar-refractivity contribution in [2.75, 3.05) is 30.4 Å². The molecule has 1 aromatic rings. The molecule has 3 rings (SSSR count). The van der Waals surface area contributed by atoms with Gasteiger partial charge in [0.2, 0.25) is 11.8 Å². The Morgan fingerprint density at radius 3 is 2.64 bits per heavy atom. The second-order valence-electron chi connectivity index (χ2n) is 6.23. The molecule has 1 saturated heterocycles. The Kier molecular flexibility index (Phi) is 7.67. The van der Waals surface area contributed by atoms with Crippen molar-refractivity contribution in [3.8, 4) is 0 Å². The summed E-state index contributed by atoms with van der Waals surface area (Å²) in [7, 11) is 1.70. The van der Waals surface area contributed by atoms with Crippen LogP contribution in [0, 0.1) is 0 Å². The van der Waals surface area contributed by atoms with Gasteiger partial charge in [0, 0.05) is 12.6 Å². The molecule has 2 amide bonds. The van der Waals surface area contributed by atoms with Gasteiger partial charge in [-0.15, -0.1) is 0 Å². The second kappa shape index (κ2) is 9.52. The molecule has 1 aromatic carbocycles. The van der Waals surface area contributed by atoms with Gasteiger partial charge in [-0.1, -0.05) is 32.4 Å². The molecular formula is C18H26N3O3Tl. The summed E-state index contributed by atoms with van der Waals surface area (Å²) in [4.78, 5) is 29.0. The summed E-state index contributed by atoms with van der Waals surface area (Å²) in [5, 5.41) is 3.28. The molecule has 134 valence electrons. The quantitative estimate of drug-likeness (QED) is 0.598. The summed E-state index contributed by atoms with van der Waals surface area (Å²) < 4.78 is 4.42. The summed E-state index contributed by atoms with van der Waals surface area (Å²) in [5.41, 5.74) is 1.74.